The zero-order valence-corrected chi connectivity index (χ0v) is 29.4. The molecule has 7 N–H and O–H groups in total. The number of aliphatic carboxylic acids is 2. The summed E-state index contributed by atoms with van der Waals surface area (Å²) in [5.74, 6) is -5.38. The average Bonchev–Trinajstić information content (AvgIpc) is 3.76. The molecule has 0 saturated carbocycles. The minimum atomic E-state index is -5.08. The number of hydrogen-bond donors (Lipinski definition) is 6. The summed E-state index contributed by atoms with van der Waals surface area (Å²) < 4.78 is 89.0. The molecule has 1 aromatic heterocycles. The van der Waals surface area contributed by atoms with Crippen molar-refractivity contribution in [3.63, 3.8) is 0 Å². The van der Waals surface area contributed by atoms with Crippen LogP contribution in [0.2, 0.25) is 0 Å². The summed E-state index contributed by atoms with van der Waals surface area (Å²) in [5, 5.41) is 31.3. The third kappa shape index (κ3) is 11.8. The fourth-order valence-electron chi connectivity index (χ4n) is 6.47. The number of benzene rings is 1. The summed E-state index contributed by atoms with van der Waals surface area (Å²) in [6.45, 7) is 2.72. The van der Waals surface area contributed by atoms with Gasteiger partial charge in [-0.3, -0.25) is 10.2 Å². The number of rotatable bonds is 6. The molecule has 54 heavy (non-hydrogen) atoms. The van der Waals surface area contributed by atoms with Crippen LogP contribution in [0.25, 0.3) is 11.3 Å². The molecule has 0 radical (unpaired) electrons. The van der Waals surface area contributed by atoms with Gasteiger partial charge in [-0.15, -0.1) is 0 Å². The molecule has 2 atom stereocenters. The van der Waals surface area contributed by atoms with Crippen molar-refractivity contribution in [3.8, 4) is 11.3 Å². The van der Waals surface area contributed by atoms with E-state index in [4.69, 9.17) is 30.9 Å². The SMILES string of the molecule is CS(=O)(=O)N1CCC([C@H]2C[C@@H](c3ncc(-c4cccc(C(=O)O)c4)[nH]3)N(C(=O)C3CCN(C(=N)N)CC3)C2)CC1.O=C(O)C(F)(F)F.O=C(O)C(F)(F)F. The molecule has 16 nitrogen and oxygen atoms in total. The maximum absolute atomic E-state index is 13.9. The number of nitrogens with zero attached hydrogens (tertiary/aromatic N) is 4. The lowest BCUT2D eigenvalue weighted by molar-refractivity contribution is -0.193. The number of halogens is 6. The number of aromatic nitrogens is 2. The van der Waals surface area contributed by atoms with Crippen LogP contribution in [0, 0.1) is 23.2 Å². The van der Waals surface area contributed by atoms with Gasteiger partial charge >= 0.3 is 30.3 Å². The Balaban J connectivity index is 0.000000476. The highest BCUT2D eigenvalue weighted by Gasteiger charge is 2.44. The predicted molar refractivity (Wildman–Crippen MR) is 176 cm³/mol. The van der Waals surface area contributed by atoms with E-state index in [0.29, 0.717) is 68.6 Å². The standard InChI is InChI=1S/C27H37N7O5S.2C2HF3O2/c1-40(38,39)33-11-7-17(8-12-33)21-14-23(34(16-21)25(35)18-5-9-32(10-6-18)27(28)29)24-30-15-22(31-24)19-3-2-4-20(13-19)26(36)37;2*3-2(4,5)1(6)7/h2-4,13,15,17-18,21,23H,5-12,14,16H2,1H3,(H3,28,29)(H,30,31)(H,36,37);2*(H,6,7)/t21-,23-;;/m0../s1. The first-order valence-electron chi connectivity index (χ1n) is 16.2. The molecular formula is C31H39F6N7O9S. The molecule has 300 valence electrons. The van der Waals surface area contributed by atoms with Crippen molar-refractivity contribution in [2.75, 3.05) is 39.0 Å². The first kappa shape index (κ1) is 43.5. The van der Waals surface area contributed by atoms with E-state index >= 15 is 0 Å². The van der Waals surface area contributed by atoms with Gasteiger partial charge in [-0.25, -0.2) is 32.1 Å². The van der Waals surface area contributed by atoms with E-state index in [-0.39, 0.29) is 35.3 Å². The third-order valence-electron chi connectivity index (χ3n) is 9.25. The van der Waals surface area contributed by atoms with Gasteiger partial charge in [0.05, 0.1) is 29.8 Å². The topological polar surface area (TPSA) is 251 Å². The fraction of sp³-hybridized carbons (Fsp3) is 0.548. The van der Waals surface area contributed by atoms with Crippen LogP contribution in [-0.2, 0) is 24.4 Å². The van der Waals surface area contributed by atoms with Gasteiger partial charge in [-0.05, 0) is 56.1 Å². The molecule has 3 fully saturated rings. The van der Waals surface area contributed by atoms with E-state index in [2.05, 4.69) is 9.97 Å². The van der Waals surface area contributed by atoms with Crippen LogP contribution in [0.1, 0.15) is 54.3 Å². The van der Waals surface area contributed by atoms with E-state index in [1.807, 2.05) is 11.0 Å². The lowest BCUT2D eigenvalue weighted by atomic mass is 9.83. The molecule has 3 aliphatic rings. The minimum absolute atomic E-state index is 0.0283. The number of aromatic carboxylic acids is 1. The van der Waals surface area contributed by atoms with Gasteiger partial charge in [0, 0.05) is 44.2 Å². The number of sulfonamides is 1. The lowest BCUT2D eigenvalue weighted by Gasteiger charge is -2.35. The summed E-state index contributed by atoms with van der Waals surface area (Å²) >= 11 is 0. The van der Waals surface area contributed by atoms with Crippen molar-refractivity contribution < 1.29 is 69.3 Å². The van der Waals surface area contributed by atoms with Crippen LogP contribution in [0.5, 0.6) is 0 Å². The van der Waals surface area contributed by atoms with Crippen LogP contribution in [0.3, 0.4) is 0 Å². The predicted octanol–water partition coefficient (Wildman–Crippen LogP) is 3.21. The van der Waals surface area contributed by atoms with Crippen LogP contribution < -0.4 is 5.73 Å². The maximum atomic E-state index is 13.9. The van der Waals surface area contributed by atoms with Crippen molar-refractivity contribution in [1.29, 1.82) is 5.41 Å². The molecule has 3 saturated heterocycles. The molecule has 0 bridgehead atoms. The molecule has 0 spiro atoms. The lowest BCUT2D eigenvalue weighted by Crippen LogP contribution is -2.46. The molecule has 0 unspecified atom stereocenters. The summed E-state index contributed by atoms with van der Waals surface area (Å²) in [7, 11) is -3.22. The van der Waals surface area contributed by atoms with Crippen LogP contribution in [0.15, 0.2) is 30.5 Å². The number of guanidine groups is 1. The Kier molecular flexibility index (Phi) is 14.1. The Morgan fingerprint density at radius 2 is 1.44 bits per heavy atom. The highest BCUT2D eigenvalue weighted by molar-refractivity contribution is 7.88. The Bertz CT molecular complexity index is 1770. The second-order valence-corrected chi connectivity index (χ2v) is 14.8. The number of alkyl halides is 6. The average molecular weight is 800 g/mol. The number of nitrogens with one attached hydrogen (secondary N) is 2. The van der Waals surface area contributed by atoms with E-state index < -0.39 is 40.3 Å². The van der Waals surface area contributed by atoms with E-state index in [1.165, 1.54) is 16.6 Å². The molecular weight excluding hydrogens is 760 g/mol. The van der Waals surface area contributed by atoms with E-state index in [1.54, 1.807) is 23.2 Å². The number of carboxylic acid groups (broad SMARTS) is 3. The van der Waals surface area contributed by atoms with Crippen LogP contribution >= 0.6 is 0 Å². The summed E-state index contributed by atoms with van der Waals surface area (Å²) in [5.41, 5.74) is 7.22. The number of carbonyl (C=O) groups is 4. The molecule has 4 heterocycles. The quantitative estimate of drug-likeness (QED) is 0.140. The second-order valence-electron chi connectivity index (χ2n) is 12.8. The monoisotopic (exact) mass is 799 g/mol. The van der Waals surface area contributed by atoms with Gasteiger partial charge < -0.3 is 35.8 Å². The first-order chi connectivity index (χ1) is 24.9. The molecule has 1 amide bonds. The molecule has 1 aromatic carbocycles. The van der Waals surface area contributed by atoms with Gasteiger partial charge in [0.1, 0.15) is 5.82 Å². The Morgan fingerprint density at radius 1 is 0.907 bits per heavy atom. The largest absolute Gasteiger partial charge is 0.490 e. The Morgan fingerprint density at radius 3 is 1.91 bits per heavy atom. The van der Waals surface area contributed by atoms with Crippen molar-refractivity contribution in [3.05, 3.63) is 41.9 Å². The highest BCUT2D eigenvalue weighted by Crippen LogP contribution is 2.43. The van der Waals surface area contributed by atoms with Crippen molar-refractivity contribution in [1.82, 2.24) is 24.1 Å². The third-order valence-corrected chi connectivity index (χ3v) is 10.6. The number of aromatic amines is 1. The van der Waals surface area contributed by atoms with E-state index in [9.17, 15) is 49.5 Å². The van der Waals surface area contributed by atoms with Crippen LogP contribution in [0.4, 0.5) is 26.3 Å². The summed E-state index contributed by atoms with van der Waals surface area (Å²) in [4.78, 5) is 54.9. The van der Waals surface area contributed by atoms with Crippen molar-refractivity contribution in [2.45, 2.75) is 50.5 Å². The Labute approximate surface area is 304 Å². The van der Waals surface area contributed by atoms with Crippen molar-refractivity contribution in [2.24, 2.45) is 23.5 Å². The summed E-state index contributed by atoms with van der Waals surface area (Å²) in [6.07, 6.45) is -3.73. The van der Waals surface area contributed by atoms with E-state index in [0.717, 1.165) is 19.3 Å². The van der Waals surface area contributed by atoms with Crippen LogP contribution in [-0.4, -0.2) is 129 Å². The maximum Gasteiger partial charge on any atom is 0.490 e. The molecule has 5 rings (SSSR count). The number of imidazole rings is 1. The second kappa shape index (κ2) is 17.5. The van der Waals surface area contributed by atoms with Crippen molar-refractivity contribution >= 4 is 39.8 Å². The van der Waals surface area contributed by atoms with Gasteiger partial charge in [-0.1, -0.05) is 12.1 Å². The molecule has 0 aliphatic carbocycles. The first-order valence-corrected chi connectivity index (χ1v) is 18.1. The molecule has 23 heteroatoms. The minimum Gasteiger partial charge on any atom is -0.478 e. The number of nitrogens with two attached hydrogens (primary N) is 1. The van der Waals surface area contributed by atoms with Gasteiger partial charge in [0.15, 0.2) is 5.96 Å². The van der Waals surface area contributed by atoms with Gasteiger partial charge in [0.25, 0.3) is 0 Å². The normalized spacial score (nSPS) is 20.3. The zero-order valence-electron chi connectivity index (χ0n) is 28.6. The number of likely N-dealkylation sites (tertiary alicyclic amines) is 2. The number of H-pyrrole nitrogens is 1. The summed E-state index contributed by atoms with van der Waals surface area (Å²) in [6, 6.07) is 6.39. The highest BCUT2D eigenvalue weighted by atomic mass is 32.2. The molecule has 2 aromatic rings. The zero-order chi connectivity index (χ0) is 40.8. The number of carboxylic acids is 3. The number of piperidine rings is 2. The Hall–Kier alpha value is -4.93. The molecule has 3 aliphatic heterocycles. The smallest absolute Gasteiger partial charge is 0.478 e. The fourth-order valence-corrected chi connectivity index (χ4v) is 7.34. The van der Waals surface area contributed by atoms with Gasteiger partial charge in [0.2, 0.25) is 15.9 Å². The van der Waals surface area contributed by atoms with Gasteiger partial charge in [-0.2, -0.15) is 26.3 Å². The number of amides is 1. The number of hydrogen-bond acceptors (Lipinski definition) is 8. The number of carbonyl (C=O) groups excluding carboxylic acids is 1.